The molecular formula is C19H14N3O5-. The number of nitrogens with one attached hydrogen (secondary N) is 2. The van der Waals surface area contributed by atoms with Crippen molar-refractivity contribution in [2.24, 2.45) is 0 Å². The number of fused-ring (bicyclic) bond motifs is 1. The molecule has 2 heterocycles. The number of aromatic amines is 2. The van der Waals surface area contributed by atoms with Gasteiger partial charge in [0, 0.05) is 11.5 Å². The van der Waals surface area contributed by atoms with Crippen LogP contribution in [0.3, 0.4) is 0 Å². The molecule has 0 spiro atoms. The zero-order valence-corrected chi connectivity index (χ0v) is 13.9. The summed E-state index contributed by atoms with van der Waals surface area (Å²) >= 11 is 0. The Bertz CT molecular complexity index is 1130. The van der Waals surface area contributed by atoms with E-state index in [4.69, 9.17) is 4.74 Å². The Kier molecular flexibility index (Phi) is 4.11. The highest BCUT2D eigenvalue weighted by molar-refractivity contribution is 5.67. The molecule has 0 bridgehead atoms. The van der Waals surface area contributed by atoms with Gasteiger partial charge in [-0.25, -0.2) is 4.79 Å². The highest BCUT2D eigenvalue weighted by Gasteiger charge is 2.28. The van der Waals surface area contributed by atoms with Crippen LogP contribution in [0.4, 0.5) is 5.69 Å². The Balaban J connectivity index is 1.92. The number of H-pyrrole nitrogens is 2. The first kappa shape index (κ1) is 16.8. The van der Waals surface area contributed by atoms with E-state index in [0.29, 0.717) is 11.3 Å². The van der Waals surface area contributed by atoms with E-state index in [1.807, 2.05) is 30.3 Å². The summed E-state index contributed by atoms with van der Waals surface area (Å²) in [4.78, 5) is 28.8. The molecule has 0 amide bonds. The summed E-state index contributed by atoms with van der Waals surface area (Å²) in [5.74, 6) is -0.0873. The summed E-state index contributed by atoms with van der Waals surface area (Å²) in [7, 11) is 0. The van der Waals surface area contributed by atoms with Gasteiger partial charge in [0.2, 0.25) is 5.88 Å². The first-order valence-electron chi connectivity index (χ1n) is 8.10. The van der Waals surface area contributed by atoms with E-state index in [2.05, 4.69) is 9.97 Å². The number of nitrogens with zero attached hydrogens (tertiary/aromatic N) is 1. The van der Waals surface area contributed by atoms with Crippen molar-refractivity contribution >= 4 is 11.4 Å². The Hall–Kier alpha value is -3.62. The fourth-order valence-electron chi connectivity index (χ4n) is 3.07. The average Bonchev–Trinajstić information content (AvgIpc) is 2.67. The summed E-state index contributed by atoms with van der Waals surface area (Å²) < 4.78 is 5.77. The second kappa shape index (κ2) is 6.60. The molecule has 0 fully saturated rings. The first-order valence-corrected chi connectivity index (χ1v) is 8.10. The molecule has 3 N–H and O–H groups in total. The average molecular weight is 364 g/mol. The van der Waals surface area contributed by atoms with Crippen molar-refractivity contribution in [1.29, 1.82) is 0 Å². The third kappa shape index (κ3) is 3.14. The summed E-state index contributed by atoms with van der Waals surface area (Å²) in [6.45, 7) is 0. The number of ether oxygens (including phenoxy) is 1. The largest absolute Gasteiger partial charge is 0.733 e. The van der Waals surface area contributed by atoms with Crippen LogP contribution in [0.2, 0.25) is 0 Å². The van der Waals surface area contributed by atoms with Crippen molar-refractivity contribution in [3.8, 4) is 5.88 Å². The Morgan fingerprint density at radius 1 is 1.04 bits per heavy atom. The number of benzene rings is 2. The number of aromatic nitrogens is 2. The summed E-state index contributed by atoms with van der Waals surface area (Å²) in [6.07, 6.45) is 1.73. The molecule has 0 aliphatic carbocycles. The van der Waals surface area contributed by atoms with Gasteiger partial charge >= 0.3 is 5.69 Å². The second-order valence-electron chi connectivity index (χ2n) is 6.00. The highest BCUT2D eigenvalue weighted by atomic mass is 16.8. The van der Waals surface area contributed by atoms with Gasteiger partial charge in [-0.2, -0.15) is 0 Å². The van der Waals surface area contributed by atoms with E-state index in [1.54, 1.807) is 18.2 Å². The van der Waals surface area contributed by atoms with Crippen molar-refractivity contribution < 1.29 is 9.94 Å². The maximum absolute atomic E-state index is 12.4. The smallest absolute Gasteiger partial charge is 0.328 e. The van der Waals surface area contributed by atoms with Gasteiger partial charge in [-0.1, -0.05) is 42.5 Å². The number of hydrogen-bond acceptors (Lipinski definition) is 6. The second-order valence-corrected chi connectivity index (χ2v) is 6.00. The van der Waals surface area contributed by atoms with E-state index in [-0.39, 0.29) is 22.4 Å². The third-order valence-electron chi connectivity index (χ3n) is 4.29. The van der Waals surface area contributed by atoms with Crippen molar-refractivity contribution in [3.63, 3.8) is 0 Å². The molecule has 1 unspecified atom stereocenters. The predicted molar refractivity (Wildman–Crippen MR) is 98.6 cm³/mol. The topological polar surface area (TPSA) is 121 Å². The first-order chi connectivity index (χ1) is 13.0. The van der Waals surface area contributed by atoms with E-state index in [0.717, 1.165) is 5.56 Å². The lowest BCUT2D eigenvalue weighted by atomic mass is 9.89. The molecule has 8 nitrogen and oxygen atoms in total. The molecule has 0 saturated heterocycles. The van der Waals surface area contributed by atoms with Crippen molar-refractivity contribution in [2.45, 2.75) is 5.92 Å². The van der Waals surface area contributed by atoms with Crippen LogP contribution in [0.15, 0.2) is 70.3 Å². The van der Waals surface area contributed by atoms with E-state index >= 15 is 0 Å². The standard InChI is InChI=1S/C19H14N3O5/c23-17-16-14(12-7-4-8-13(9-12)22(25)26)10-15(11-5-2-1-3-6-11)27-18(16)21-19(24)20-17/h1-10,14,25H,(H2,20,21,23,24)/q-1. The lowest BCUT2D eigenvalue weighted by molar-refractivity contribution is 0.296. The van der Waals surface area contributed by atoms with Crippen molar-refractivity contribution in [3.05, 3.63) is 103 Å². The Morgan fingerprint density at radius 2 is 1.81 bits per heavy atom. The Labute approximate surface area is 152 Å². The molecule has 27 heavy (non-hydrogen) atoms. The molecular weight excluding hydrogens is 350 g/mol. The summed E-state index contributed by atoms with van der Waals surface area (Å²) in [5, 5.41) is 20.2. The van der Waals surface area contributed by atoms with E-state index in [9.17, 15) is 20.0 Å². The predicted octanol–water partition coefficient (Wildman–Crippen LogP) is 2.32. The number of hydrogen-bond donors (Lipinski definition) is 3. The number of allylic oxidation sites excluding steroid dienone is 1. The molecule has 1 atom stereocenters. The van der Waals surface area contributed by atoms with Crippen LogP contribution in [0.1, 0.15) is 22.6 Å². The SMILES string of the molecule is O=c1[nH]c2c(c(=O)[nH]1)C(c1cccc(N([O-])O)c1)C=C(c1ccccc1)O2. The van der Waals surface area contributed by atoms with Gasteiger partial charge in [0.15, 0.2) is 0 Å². The van der Waals surface area contributed by atoms with Gasteiger partial charge in [-0.15, -0.1) is 0 Å². The maximum Gasteiger partial charge on any atom is 0.328 e. The quantitative estimate of drug-likeness (QED) is 0.613. The molecule has 8 heteroatoms. The molecule has 1 aliphatic heterocycles. The molecule has 0 saturated carbocycles. The third-order valence-corrected chi connectivity index (χ3v) is 4.29. The minimum Gasteiger partial charge on any atom is -0.733 e. The highest BCUT2D eigenvalue weighted by Crippen LogP contribution is 2.38. The molecule has 4 rings (SSSR count). The lowest BCUT2D eigenvalue weighted by Gasteiger charge is -2.26. The molecule has 0 radical (unpaired) electrons. The normalized spacial score (nSPS) is 15.5. The summed E-state index contributed by atoms with van der Waals surface area (Å²) in [5.41, 5.74) is 0.311. The van der Waals surface area contributed by atoms with Crippen LogP contribution in [0.25, 0.3) is 5.76 Å². The molecule has 1 aliphatic rings. The molecule has 2 aromatic carbocycles. The van der Waals surface area contributed by atoms with Crippen LogP contribution < -0.4 is 21.2 Å². The van der Waals surface area contributed by atoms with Gasteiger partial charge < -0.3 is 15.2 Å². The molecule has 3 aromatic rings. The van der Waals surface area contributed by atoms with Crippen LogP contribution >= 0.6 is 0 Å². The van der Waals surface area contributed by atoms with Gasteiger partial charge in [0.1, 0.15) is 5.76 Å². The van der Waals surface area contributed by atoms with E-state index in [1.165, 1.54) is 12.1 Å². The zero-order valence-electron chi connectivity index (χ0n) is 13.9. The molecule has 1 aromatic heterocycles. The van der Waals surface area contributed by atoms with E-state index < -0.39 is 17.2 Å². The zero-order chi connectivity index (χ0) is 19.0. The van der Waals surface area contributed by atoms with Crippen LogP contribution in [0, 0.1) is 5.21 Å². The lowest BCUT2D eigenvalue weighted by Crippen LogP contribution is -2.30. The van der Waals surface area contributed by atoms with Crippen LogP contribution in [-0.2, 0) is 0 Å². The van der Waals surface area contributed by atoms with Gasteiger partial charge in [-0.05, 0) is 23.8 Å². The monoisotopic (exact) mass is 364 g/mol. The molecule has 136 valence electrons. The number of rotatable bonds is 3. The minimum atomic E-state index is -0.679. The van der Waals surface area contributed by atoms with Gasteiger partial charge in [0.05, 0.1) is 11.3 Å². The maximum atomic E-state index is 12.4. The fraction of sp³-hybridized carbons (Fsp3) is 0.0526. The van der Waals surface area contributed by atoms with Crippen LogP contribution in [0.5, 0.6) is 5.88 Å². The van der Waals surface area contributed by atoms with Crippen molar-refractivity contribution in [1.82, 2.24) is 9.97 Å². The van der Waals surface area contributed by atoms with Gasteiger partial charge in [0.25, 0.3) is 5.56 Å². The fourth-order valence-corrected chi connectivity index (χ4v) is 3.07. The summed E-state index contributed by atoms with van der Waals surface area (Å²) in [6, 6.07) is 15.4. The number of anilines is 1. The van der Waals surface area contributed by atoms with Crippen LogP contribution in [-0.4, -0.2) is 15.2 Å². The van der Waals surface area contributed by atoms with Gasteiger partial charge in [-0.3, -0.25) is 20.0 Å². The van der Waals surface area contributed by atoms with Crippen molar-refractivity contribution in [2.75, 3.05) is 5.23 Å². The Morgan fingerprint density at radius 3 is 2.56 bits per heavy atom. The minimum absolute atomic E-state index is 0.0241.